The Bertz CT molecular complexity index is 179. The van der Waals surface area contributed by atoms with Gasteiger partial charge in [0.05, 0.1) is 19.8 Å². The van der Waals surface area contributed by atoms with E-state index in [1.54, 1.807) is 0 Å². The molecule has 6 nitrogen and oxygen atoms in total. The molecule has 6 heteroatoms. The highest BCUT2D eigenvalue weighted by molar-refractivity contribution is 5.67. The molecular formula is C11H23NO5. The van der Waals surface area contributed by atoms with E-state index < -0.39 is 6.09 Å². The van der Waals surface area contributed by atoms with Gasteiger partial charge in [-0.2, -0.15) is 0 Å². The molecule has 0 saturated heterocycles. The molecule has 0 fully saturated rings. The Balaban J connectivity index is 3.94. The molecule has 0 aromatic rings. The lowest BCUT2D eigenvalue weighted by Crippen LogP contribution is -2.37. The molecule has 0 spiro atoms. The highest BCUT2D eigenvalue weighted by Crippen LogP contribution is 1.95. The molecule has 0 saturated carbocycles. The van der Waals surface area contributed by atoms with E-state index in [0.717, 1.165) is 0 Å². The number of aliphatic hydroxyl groups is 1. The number of carbonyl (C=O) groups is 1. The van der Waals surface area contributed by atoms with Gasteiger partial charge in [-0.15, -0.1) is 0 Å². The first-order chi connectivity index (χ1) is 8.26. The van der Waals surface area contributed by atoms with Gasteiger partial charge in [0.15, 0.2) is 0 Å². The molecule has 1 N–H and O–H groups in total. The summed E-state index contributed by atoms with van der Waals surface area (Å²) in [6.07, 6.45) is -0.446. The molecule has 0 atom stereocenters. The van der Waals surface area contributed by atoms with Crippen molar-refractivity contribution in [1.82, 2.24) is 4.90 Å². The minimum Gasteiger partial charge on any atom is -0.447 e. The van der Waals surface area contributed by atoms with Crippen LogP contribution < -0.4 is 0 Å². The van der Waals surface area contributed by atoms with E-state index in [0.29, 0.717) is 39.5 Å². The first-order valence-electron chi connectivity index (χ1n) is 5.94. The fourth-order valence-corrected chi connectivity index (χ4v) is 1.16. The zero-order valence-corrected chi connectivity index (χ0v) is 10.7. The summed E-state index contributed by atoms with van der Waals surface area (Å²) in [5.74, 6) is 0. The van der Waals surface area contributed by atoms with Crippen molar-refractivity contribution in [2.24, 2.45) is 0 Å². The van der Waals surface area contributed by atoms with Gasteiger partial charge in [-0.25, -0.2) is 4.79 Å². The van der Waals surface area contributed by atoms with Crippen LogP contribution in [-0.4, -0.2) is 68.8 Å². The molecule has 0 aromatic heterocycles. The molecule has 0 aromatic carbocycles. The van der Waals surface area contributed by atoms with E-state index in [4.69, 9.17) is 19.3 Å². The first-order valence-corrected chi connectivity index (χ1v) is 5.94. The average Bonchev–Trinajstić information content (AvgIpc) is 2.34. The van der Waals surface area contributed by atoms with Gasteiger partial charge in [-0.1, -0.05) is 0 Å². The number of nitrogens with zero attached hydrogens (tertiary/aromatic N) is 1. The van der Waals surface area contributed by atoms with Gasteiger partial charge in [0.2, 0.25) is 0 Å². The third-order valence-electron chi connectivity index (χ3n) is 1.99. The van der Waals surface area contributed by atoms with Crippen molar-refractivity contribution in [1.29, 1.82) is 0 Å². The van der Waals surface area contributed by atoms with E-state index in [1.165, 1.54) is 4.90 Å². The first kappa shape index (κ1) is 16.1. The second-order valence-corrected chi connectivity index (χ2v) is 3.22. The minimum atomic E-state index is -0.446. The van der Waals surface area contributed by atoms with Crippen LogP contribution in [-0.2, 0) is 14.2 Å². The number of carbonyl (C=O) groups excluding carboxylic acids is 1. The summed E-state index contributed by atoms with van der Waals surface area (Å²) in [4.78, 5) is 13.1. The van der Waals surface area contributed by atoms with Gasteiger partial charge in [0.25, 0.3) is 0 Å². The SMILES string of the molecule is CCOCCN(CCOCC)C(=O)OCCO. The number of hydrogen-bond donors (Lipinski definition) is 1. The lowest BCUT2D eigenvalue weighted by molar-refractivity contribution is 0.0524. The second kappa shape index (κ2) is 11.6. The summed E-state index contributed by atoms with van der Waals surface area (Å²) in [6, 6.07) is 0. The summed E-state index contributed by atoms with van der Waals surface area (Å²) in [5.41, 5.74) is 0. The number of rotatable bonds is 10. The Morgan fingerprint density at radius 2 is 1.59 bits per heavy atom. The predicted molar refractivity (Wildman–Crippen MR) is 63.0 cm³/mol. The minimum absolute atomic E-state index is 0.0125. The lowest BCUT2D eigenvalue weighted by Gasteiger charge is -2.21. The average molecular weight is 249 g/mol. The molecule has 0 radical (unpaired) electrons. The van der Waals surface area contributed by atoms with Gasteiger partial charge < -0.3 is 24.2 Å². The standard InChI is InChI=1S/C11H23NO5/c1-3-15-8-5-12(6-9-16-4-2)11(14)17-10-7-13/h13H,3-10H2,1-2H3. The third-order valence-corrected chi connectivity index (χ3v) is 1.99. The molecule has 0 unspecified atom stereocenters. The topological polar surface area (TPSA) is 68.2 Å². The van der Waals surface area contributed by atoms with Crippen molar-refractivity contribution in [3.8, 4) is 0 Å². The van der Waals surface area contributed by atoms with Crippen molar-refractivity contribution >= 4 is 6.09 Å². The molecule has 0 bridgehead atoms. The molecule has 0 aliphatic rings. The van der Waals surface area contributed by atoms with Crippen LogP contribution in [0.15, 0.2) is 0 Å². The number of aliphatic hydroxyl groups excluding tert-OH is 1. The van der Waals surface area contributed by atoms with Crippen molar-refractivity contribution in [2.45, 2.75) is 13.8 Å². The summed E-state index contributed by atoms with van der Waals surface area (Å²) < 4.78 is 15.2. The van der Waals surface area contributed by atoms with Gasteiger partial charge in [0, 0.05) is 26.3 Å². The van der Waals surface area contributed by atoms with Crippen molar-refractivity contribution < 1.29 is 24.1 Å². The van der Waals surface area contributed by atoms with Gasteiger partial charge in [-0.05, 0) is 13.8 Å². The summed E-state index contributed by atoms with van der Waals surface area (Å²) in [6.45, 7) is 6.73. The zero-order chi connectivity index (χ0) is 12.9. The molecular weight excluding hydrogens is 226 g/mol. The second-order valence-electron chi connectivity index (χ2n) is 3.22. The fourth-order valence-electron chi connectivity index (χ4n) is 1.16. The molecule has 0 aliphatic heterocycles. The maximum atomic E-state index is 11.6. The van der Waals surface area contributed by atoms with E-state index in [-0.39, 0.29) is 13.2 Å². The van der Waals surface area contributed by atoms with Crippen molar-refractivity contribution in [3.63, 3.8) is 0 Å². The Morgan fingerprint density at radius 3 is 2.00 bits per heavy atom. The van der Waals surface area contributed by atoms with Crippen LogP contribution in [0, 0.1) is 0 Å². The molecule has 0 heterocycles. The van der Waals surface area contributed by atoms with Crippen LogP contribution in [0.25, 0.3) is 0 Å². The van der Waals surface area contributed by atoms with Crippen LogP contribution in [0.2, 0.25) is 0 Å². The number of amides is 1. The Kier molecular flexibility index (Phi) is 11.0. The predicted octanol–water partition coefficient (Wildman–Crippen LogP) is 0.490. The van der Waals surface area contributed by atoms with Crippen LogP contribution in [0.4, 0.5) is 4.79 Å². The summed E-state index contributed by atoms with van der Waals surface area (Å²) in [5, 5.41) is 8.58. The van der Waals surface area contributed by atoms with E-state index in [2.05, 4.69) is 0 Å². The number of hydrogen-bond acceptors (Lipinski definition) is 5. The smallest absolute Gasteiger partial charge is 0.409 e. The largest absolute Gasteiger partial charge is 0.447 e. The third kappa shape index (κ3) is 8.91. The molecule has 102 valence electrons. The van der Waals surface area contributed by atoms with Gasteiger partial charge in [0.1, 0.15) is 6.61 Å². The van der Waals surface area contributed by atoms with Crippen LogP contribution in [0.3, 0.4) is 0 Å². The highest BCUT2D eigenvalue weighted by Gasteiger charge is 2.14. The molecule has 17 heavy (non-hydrogen) atoms. The Labute approximate surface area is 102 Å². The maximum absolute atomic E-state index is 11.6. The monoisotopic (exact) mass is 249 g/mol. The van der Waals surface area contributed by atoms with Gasteiger partial charge in [-0.3, -0.25) is 0 Å². The van der Waals surface area contributed by atoms with E-state index in [1.807, 2.05) is 13.8 Å². The summed E-state index contributed by atoms with van der Waals surface area (Å²) >= 11 is 0. The van der Waals surface area contributed by atoms with Crippen molar-refractivity contribution in [2.75, 3.05) is 52.7 Å². The number of ether oxygens (including phenoxy) is 3. The lowest BCUT2D eigenvalue weighted by atomic mass is 10.5. The Morgan fingerprint density at radius 1 is 1.06 bits per heavy atom. The van der Waals surface area contributed by atoms with E-state index in [9.17, 15) is 4.79 Å². The fraction of sp³-hybridized carbons (Fsp3) is 0.909. The van der Waals surface area contributed by atoms with Gasteiger partial charge >= 0.3 is 6.09 Å². The maximum Gasteiger partial charge on any atom is 0.409 e. The molecule has 0 aliphatic carbocycles. The zero-order valence-electron chi connectivity index (χ0n) is 10.7. The molecule has 0 rings (SSSR count). The van der Waals surface area contributed by atoms with E-state index >= 15 is 0 Å². The highest BCUT2D eigenvalue weighted by atomic mass is 16.6. The molecule has 1 amide bonds. The van der Waals surface area contributed by atoms with Crippen molar-refractivity contribution in [3.05, 3.63) is 0 Å². The normalized spacial score (nSPS) is 10.3. The quantitative estimate of drug-likeness (QED) is 0.571. The van der Waals surface area contributed by atoms with Crippen LogP contribution in [0.1, 0.15) is 13.8 Å². The Hall–Kier alpha value is -0.850. The van der Waals surface area contributed by atoms with Crippen LogP contribution >= 0.6 is 0 Å². The summed E-state index contributed by atoms with van der Waals surface area (Å²) in [7, 11) is 0. The van der Waals surface area contributed by atoms with Crippen LogP contribution in [0.5, 0.6) is 0 Å².